The summed E-state index contributed by atoms with van der Waals surface area (Å²) >= 11 is 7.20. The molecule has 3 nitrogen and oxygen atoms in total. The number of hydrogen-bond donors (Lipinski definition) is 0. The van der Waals surface area contributed by atoms with Gasteiger partial charge < -0.3 is 4.57 Å². The highest BCUT2D eigenvalue weighted by atomic mass is 35.5. The lowest BCUT2D eigenvalue weighted by Gasteiger charge is -2.02. The topological polar surface area (TPSA) is 34.9 Å². The molecule has 0 spiro atoms. The summed E-state index contributed by atoms with van der Waals surface area (Å²) in [5, 5.41) is 2.82. The number of alkyl halides is 1. The molecular formula is C11H11ClN2OS. The lowest BCUT2D eigenvalue weighted by atomic mass is 10.3. The van der Waals surface area contributed by atoms with Gasteiger partial charge in [0.15, 0.2) is 0 Å². The minimum atomic E-state index is 0.00243. The Hall–Kier alpha value is -1.13. The summed E-state index contributed by atoms with van der Waals surface area (Å²) in [6, 6.07) is 3.54. The standard InChI is InChI=1S/C11H11ClN2OS/c1-8-2-3-14(11(15)4-8)6-10-13-9(5-12)7-16-10/h2-4,7H,5-6H2,1H3. The summed E-state index contributed by atoms with van der Waals surface area (Å²) in [5.74, 6) is 0.416. The summed E-state index contributed by atoms with van der Waals surface area (Å²) < 4.78 is 1.64. The highest BCUT2D eigenvalue weighted by Gasteiger charge is 2.03. The van der Waals surface area contributed by atoms with Crippen LogP contribution in [0.1, 0.15) is 16.3 Å². The van der Waals surface area contributed by atoms with Crippen LogP contribution in [0.3, 0.4) is 0 Å². The van der Waals surface area contributed by atoms with Gasteiger partial charge in [0.2, 0.25) is 0 Å². The second-order valence-electron chi connectivity index (χ2n) is 3.54. The second kappa shape index (κ2) is 4.80. The third-order valence-electron chi connectivity index (χ3n) is 2.19. The molecule has 0 N–H and O–H groups in total. The van der Waals surface area contributed by atoms with Crippen molar-refractivity contribution in [2.75, 3.05) is 0 Å². The molecule has 0 bridgehead atoms. The van der Waals surface area contributed by atoms with Crippen LogP contribution in [0.4, 0.5) is 0 Å². The van der Waals surface area contributed by atoms with Crippen molar-refractivity contribution in [3.05, 3.63) is 50.3 Å². The molecule has 0 unspecified atom stereocenters. The van der Waals surface area contributed by atoms with Crippen molar-refractivity contribution in [1.29, 1.82) is 0 Å². The van der Waals surface area contributed by atoms with Crippen LogP contribution in [-0.2, 0) is 12.4 Å². The largest absolute Gasteiger partial charge is 0.309 e. The van der Waals surface area contributed by atoms with Gasteiger partial charge in [-0.05, 0) is 18.6 Å². The van der Waals surface area contributed by atoms with Crippen molar-refractivity contribution in [2.45, 2.75) is 19.3 Å². The fourth-order valence-corrected chi connectivity index (χ4v) is 2.39. The number of aryl methyl sites for hydroxylation is 1. The van der Waals surface area contributed by atoms with Gasteiger partial charge in [0.25, 0.3) is 5.56 Å². The van der Waals surface area contributed by atoms with E-state index in [9.17, 15) is 4.79 Å². The van der Waals surface area contributed by atoms with Crippen molar-refractivity contribution in [1.82, 2.24) is 9.55 Å². The van der Waals surface area contributed by atoms with E-state index in [2.05, 4.69) is 4.98 Å². The van der Waals surface area contributed by atoms with E-state index in [0.717, 1.165) is 16.3 Å². The van der Waals surface area contributed by atoms with E-state index in [1.807, 2.05) is 18.4 Å². The van der Waals surface area contributed by atoms with Crippen LogP contribution < -0.4 is 5.56 Å². The van der Waals surface area contributed by atoms with E-state index in [4.69, 9.17) is 11.6 Å². The zero-order valence-corrected chi connectivity index (χ0v) is 10.4. The number of thiazole rings is 1. The van der Waals surface area contributed by atoms with Crippen LogP contribution in [-0.4, -0.2) is 9.55 Å². The molecule has 0 radical (unpaired) electrons. The predicted molar refractivity (Wildman–Crippen MR) is 66.2 cm³/mol. The van der Waals surface area contributed by atoms with Gasteiger partial charge in [-0.15, -0.1) is 22.9 Å². The monoisotopic (exact) mass is 254 g/mol. The van der Waals surface area contributed by atoms with E-state index in [1.54, 1.807) is 16.8 Å². The van der Waals surface area contributed by atoms with Gasteiger partial charge in [-0.1, -0.05) is 0 Å². The summed E-state index contributed by atoms with van der Waals surface area (Å²) in [6.45, 7) is 2.42. The SMILES string of the molecule is Cc1ccn(Cc2nc(CCl)cs2)c(=O)c1. The molecule has 0 aromatic carbocycles. The molecule has 0 saturated carbocycles. The van der Waals surface area contributed by atoms with Crippen LogP contribution in [0.2, 0.25) is 0 Å². The van der Waals surface area contributed by atoms with Gasteiger partial charge in [-0.3, -0.25) is 4.79 Å². The van der Waals surface area contributed by atoms with Gasteiger partial charge in [0, 0.05) is 17.6 Å². The molecule has 0 aliphatic carbocycles. The van der Waals surface area contributed by atoms with Crippen LogP contribution in [0.5, 0.6) is 0 Å². The number of nitrogens with zero attached hydrogens (tertiary/aromatic N) is 2. The van der Waals surface area contributed by atoms with Crippen molar-refractivity contribution in [3.8, 4) is 0 Å². The first-order valence-electron chi connectivity index (χ1n) is 4.85. The molecular weight excluding hydrogens is 244 g/mol. The van der Waals surface area contributed by atoms with Crippen LogP contribution in [0.25, 0.3) is 0 Å². The Kier molecular flexibility index (Phi) is 3.41. The summed E-state index contributed by atoms with van der Waals surface area (Å²) in [6.07, 6.45) is 1.79. The molecule has 5 heteroatoms. The lowest BCUT2D eigenvalue weighted by molar-refractivity contribution is 0.749. The van der Waals surface area contributed by atoms with Gasteiger partial charge in [0.05, 0.1) is 18.1 Å². The molecule has 0 amide bonds. The Labute approximate surface area is 102 Å². The van der Waals surface area contributed by atoms with Crippen molar-refractivity contribution in [3.63, 3.8) is 0 Å². The number of rotatable bonds is 3. The minimum Gasteiger partial charge on any atom is -0.309 e. The first-order chi connectivity index (χ1) is 7.69. The van der Waals surface area contributed by atoms with E-state index >= 15 is 0 Å². The Bertz CT molecular complexity index is 547. The zero-order chi connectivity index (χ0) is 11.5. The van der Waals surface area contributed by atoms with Gasteiger partial charge >= 0.3 is 0 Å². The molecule has 0 aliphatic heterocycles. The molecule has 0 atom stereocenters. The van der Waals surface area contributed by atoms with Crippen LogP contribution in [0, 0.1) is 6.92 Å². The number of aromatic nitrogens is 2. The summed E-state index contributed by atoms with van der Waals surface area (Å²) in [4.78, 5) is 15.9. The number of halogens is 1. The molecule has 2 aromatic heterocycles. The maximum Gasteiger partial charge on any atom is 0.251 e. The molecule has 0 aliphatic rings. The molecule has 16 heavy (non-hydrogen) atoms. The maximum absolute atomic E-state index is 11.6. The van der Waals surface area contributed by atoms with E-state index in [0.29, 0.717) is 12.4 Å². The molecule has 2 rings (SSSR count). The smallest absolute Gasteiger partial charge is 0.251 e. The first kappa shape index (κ1) is 11.4. The molecule has 0 saturated heterocycles. The predicted octanol–water partition coefficient (Wildman–Crippen LogP) is 2.40. The Morgan fingerprint density at radius 1 is 1.56 bits per heavy atom. The third kappa shape index (κ3) is 2.51. The highest BCUT2D eigenvalue weighted by molar-refractivity contribution is 7.09. The first-order valence-corrected chi connectivity index (χ1v) is 6.27. The van der Waals surface area contributed by atoms with Gasteiger partial charge in [-0.2, -0.15) is 0 Å². The molecule has 2 aromatic rings. The van der Waals surface area contributed by atoms with Gasteiger partial charge in [0.1, 0.15) is 5.01 Å². The van der Waals surface area contributed by atoms with E-state index < -0.39 is 0 Å². The maximum atomic E-state index is 11.6. The lowest BCUT2D eigenvalue weighted by Crippen LogP contribution is -2.19. The zero-order valence-electron chi connectivity index (χ0n) is 8.81. The number of pyridine rings is 1. The normalized spacial score (nSPS) is 10.6. The van der Waals surface area contributed by atoms with Crippen LogP contribution >= 0.6 is 22.9 Å². The average Bonchev–Trinajstić information content (AvgIpc) is 2.70. The van der Waals surface area contributed by atoms with Crippen molar-refractivity contribution >= 4 is 22.9 Å². The fourth-order valence-electron chi connectivity index (χ4n) is 1.37. The molecule has 0 fully saturated rings. The molecule has 84 valence electrons. The van der Waals surface area contributed by atoms with Gasteiger partial charge in [-0.25, -0.2) is 4.98 Å². The number of hydrogen-bond acceptors (Lipinski definition) is 3. The van der Waals surface area contributed by atoms with E-state index in [-0.39, 0.29) is 5.56 Å². The van der Waals surface area contributed by atoms with Crippen molar-refractivity contribution in [2.24, 2.45) is 0 Å². The average molecular weight is 255 g/mol. The Balaban J connectivity index is 2.23. The summed E-state index contributed by atoms with van der Waals surface area (Å²) in [5.41, 5.74) is 1.84. The Morgan fingerprint density at radius 3 is 3.00 bits per heavy atom. The fraction of sp³-hybridized carbons (Fsp3) is 0.273. The summed E-state index contributed by atoms with van der Waals surface area (Å²) in [7, 11) is 0. The van der Waals surface area contributed by atoms with Crippen LogP contribution in [0.15, 0.2) is 28.5 Å². The van der Waals surface area contributed by atoms with Crippen molar-refractivity contribution < 1.29 is 0 Å². The quantitative estimate of drug-likeness (QED) is 0.789. The molecule has 2 heterocycles. The highest BCUT2D eigenvalue weighted by Crippen LogP contribution is 2.12. The minimum absolute atomic E-state index is 0.00243. The third-order valence-corrected chi connectivity index (χ3v) is 3.35. The second-order valence-corrected chi connectivity index (χ2v) is 4.75. The van der Waals surface area contributed by atoms with E-state index in [1.165, 1.54) is 11.3 Å². The Morgan fingerprint density at radius 2 is 2.38 bits per heavy atom.